The van der Waals surface area contributed by atoms with E-state index in [-0.39, 0.29) is 15.6 Å². The Balaban J connectivity index is 1.42. The van der Waals surface area contributed by atoms with Crippen LogP contribution in [-0.2, 0) is 16.6 Å². The van der Waals surface area contributed by atoms with Crippen molar-refractivity contribution in [1.82, 2.24) is 14.3 Å². The van der Waals surface area contributed by atoms with Crippen molar-refractivity contribution < 1.29 is 13.2 Å². The summed E-state index contributed by atoms with van der Waals surface area (Å²) in [7, 11) is -2.14. The number of anilines is 1. The van der Waals surface area contributed by atoms with Crippen LogP contribution in [0.4, 0.5) is 10.5 Å². The number of fused-ring (bicyclic) bond motifs is 1. The highest BCUT2D eigenvalue weighted by Crippen LogP contribution is 2.27. The number of halogens is 1. The zero-order valence-electron chi connectivity index (χ0n) is 26.6. The first-order chi connectivity index (χ1) is 21.3. The minimum atomic E-state index is -3.73. The Morgan fingerprint density at radius 3 is 2.09 bits per heavy atom. The molecule has 1 aromatic heterocycles. The summed E-state index contributed by atoms with van der Waals surface area (Å²) in [6, 6.07) is 11.7. The number of thiazole rings is 1. The third kappa shape index (κ3) is 11.2. The molecule has 0 saturated heterocycles. The summed E-state index contributed by atoms with van der Waals surface area (Å²) < 4.78 is 30.9. The second-order valence-electron chi connectivity index (χ2n) is 11.3. The molecule has 0 fully saturated rings. The van der Waals surface area contributed by atoms with E-state index >= 15 is 0 Å². The Bertz CT molecular complexity index is 1490. The maximum Gasteiger partial charge on any atom is 0.339 e. The van der Waals surface area contributed by atoms with Crippen LogP contribution in [0.5, 0.6) is 0 Å². The molecular weight excluding hydrogens is 614 g/mol. The molecule has 1 heterocycles. The van der Waals surface area contributed by atoms with Crippen molar-refractivity contribution in [2.75, 3.05) is 18.9 Å². The molecule has 0 unspecified atom stereocenters. The fourth-order valence-corrected chi connectivity index (χ4v) is 7.71. The third-order valence-corrected chi connectivity index (χ3v) is 11.1. The number of unbranched alkanes of at least 4 members (excludes halogenated alkanes) is 13. The molecule has 11 heteroatoms. The van der Waals surface area contributed by atoms with Crippen LogP contribution in [0.1, 0.15) is 104 Å². The van der Waals surface area contributed by atoms with Crippen LogP contribution in [0.3, 0.4) is 0 Å². The van der Waals surface area contributed by atoms with Gasteiger partial charge in [-0.05, 0) is 43.7 Å². The van der Waals surface area contributed by atoms with Gasteiger partial charge in [0.05, 0.1) is 25.8 Å². The van der Waals surface area contributed by atoms with Gasteiger partial charge in [-0.15, -0.1) is 5.10 Å². The van der Waals surface area contributed by atoms with Crippen LogP contribution in [-0.4, -0.2) is 36.9 Å². The number of urea groups is 1. The first kappa shape index (κ1) is 36.1. The molecule has 3 rings (SSSR count). The molecule has 0 bridgehead atoms. The third-order valence-electron chi connectivity index (χ3n) is 7.88. The van der Waals surface area contributed by atoms with Crippen molar-refractivity contribution in [2.24, 2.45) is 5.10 Å². The van der Waals surface area contributed by atoms with E-state index in [1.54, 1.807) is 7.05 Å². The zero-order chi connectivity index (χ0) is 31.8. The molecule has 44 heavy (non-hydrogen) atoms. The van der Waals surface area contributed by atoms with Crippen molar-refractivity contribution in [1.29, 1.82) is 0 Å². The molecule has 0 saturated carbocycles. The molecule has 244 valence electrons. The van der Waals surface area contributed by atoms with Gasteiger partial charge in [-0.3, -0.25) is 0 Å². The molecule has 2 N–H and O–H groups in total. The van der Waals surface area contributed by atoms with E-state index in [0.717, 1.165) is 29.5 Å². The Hall–Kier alpha value is -2.40. The number of amides is 2. The monoisotopic (exact) mass is 663 g/mol. The molecule has 2 amide bonds. The summed E-state index contributed by atoms with van der Waals surface area (Å²) in [5.41, 5.74) is 3.75. The fourth-order valence-electron chi connectivity index (χ4n) is 5.25. The van der Waals surface area contributed by atoms with Gasteiger partial charge in [0.15, 0.2) is 0 Å². The Morgan fingerprint density at radius 1 is 0.886 bits per heavy atom. The van der Waals surface area contributed by atoms with E-state index in [9.17, 15) is 13.2 Å². The van der Waals surface area contributed by atoms with E-state index in [1.807, 2.05) is 35.8 Å². The van der Waals surface area contributed by atoms with Gasteiger partial charge in [0, 0.05) is 20.1 Å². The Morgan fingerprint density at radius 2 is 1.48 bits per heavy atom. The van der Waals surface area contributed by atoms with Gasteiger partial charge >= 0.3 is 6.03 Å². The van der Waals surface area contributed by atoms with Gasteiger partial charge < -0.3 is 9.88 Å². The zero-order valence-corrected chi connectivity index (χ0v) is 29.0. The van der Waals surface area contributed by atoms with E-state index in [1.165, 1.54) is 104 Å². The highest BCUT2D eigenvalue weighted by molar-refractivity contribution is 7.89. The number of para-hydroxylation sites is 1. The normalized spacial score (nSPS) is 12.3. The lowest BCUT2D eigenvalue weighted by molar-refractivity contribution is 0.252. The maximum absolute atomic E-state index is 13.2. The van der Waals surface area contributed by atoms with E-state index in [4.69, 9.17) is 11.6 Å². The number of benzene rings is 2. The SMILES string of the molecule is CCCCCCCCCCCCCCCCN(C)S(=O)(=O)c1ccc(Cl)c(NC(=O)NN=c2sc3ccccc3n2CC)c1. The van der Waals surface area contributed by atoms with Gasteiger partial charge in [-0.1, -0.05) is 125 Å². The predicted octanol–water partition coefficient (Wildman–Crippen LogP) is 9.12. The van der Waals surface area contributed by atoms with Crippen LogP contribution < -0.4 is 15.5 Å². The predicted molar refractivity (Wildman–Crippen MR) is 185 cm³/mol. The average molecular weight is 664 g/mol. The molecule has 0 aliphatic heterocycles. The van der Waals surface area contributed by atoms with Crippen LogP contribution in [0, 0.1) is 0 Å². The van der Waals surface area contributed by atoms with Crippen molar-refractivity contribution in [3.05, 3.63) is 52.3 Å². The number of carbonyl (C=O) groups excluding carboxylic acids is 1. The van der Waals surface area contributed by atoms with E-state index in [0.29, 0.717) is 17.9 Å². The first-order valence-corrected chi connectivity index (χ1v) is 18.9. The number of aryl methyl sites for hydroxylation is 1. The molecule has 0 aliphatic rings. The van der Waals surface area contributed by atoms with Crippen molar-refractivity contribution in [3.8, 4) is 0 Å². The number of hydrogen-bond donors (Lipinski definition) is 2. The van der Waals surface area contributed by atoms with Gasteiger partial charge in [-0.25, -0.2) is 22.9 Å². The first-order valence-electron chi connectivity index (χ1n) is 16.2. The summed E-state index contributed by atoms with van der Waals surface area (Å²) >= 11 is 7.78. The van der Waals surface area contributed by atoms with Crippen LogP contribution >= 0.6 is 22.9 Å². The summed E-state index contributed by atoms with van der Waals surface area (Å²) in [5, 5.41) is 7.15. The highest BCUT2D eigenvalue weighted by Gasteiger charge is 2.22. The lowest BCUT2D eigenvalue weighted by atomic mass is 10.0. The summed E-state index contributed by atoms with van der Waals surface area (Å²) in [5.74, 6) is 0. The lowest BCUT2D eigenvalue weighted by Crippen LogP contribution is -2.29. The van der Waals surface area contributed by atoms with Crippen molar-refractivity contribution in [3.63, 3.8) is 0 Å². The Labute approximate surface area is 272 Å². The largest absolute Gasteiger partial charge is 0.339 e. The number of sulfonamides is 1. The quantitative estimate of drug-likeness (QED) is 0.0932. The standard InChI is InChI=1S/C33H50ClN5O3S2/c1-4-6-7-8-9-10-11-12-13-14-15-16-17-20-25-38(3)44(41,42)27-23-24-28(34)29(26-27)35-32(40)36-37-33-39(5-2)30-21-18-19-22-31(30)43-33/h18-19,21-24,26H,4-17,20,25H2,1-3H3,(H2,35,36,40). The molecule has 3 aromatic rings. The smallest absolute Gasteiger partial charge is 0.315 e. The number of hydrogen-bond acceptors (Lipinski definition) is 5. The minimum absolute atomic E-state index is 0.0790. The molecule has 0 aliphatic carbocycles. The molecule has 2 aromatic carbocycles. The fraction of sp³-hybridized carbons (Fsp3) is 0.576. The number of nitrogens with one attached hydrogen (secondary N) is 2. The van der Waals surface area contributed by atoms with Crippen LogP contribution in [0.2, 0.25) is 5.02 Å². The maximum atomic E-state index is 13.2. The number of rotatable bonds is 20. The van der Waals surface area contributed by atoms with Crippen LogP contribution in [0.15, 0.2) is 52.5 Å². The average Bonchev–Trinajstić information content (AvgIpc) is 3.38. The van der Waals surface area contributed by atoms with E-state index < -0.39 is 16.1 Å². The second-order valence-corrected chi connectivity index (χ2v) is 14.8. The molecule has 0 spiro atoms. The number of nitrogens with zero attached hydrogens (tertiary/aromatic N) is 3. The van der Waals surface area contributed by atoms with Gasteiger partial charge in [0.1, 0.15) is 0 Å². The second kappa shape index (κ2) is 19.2. The molecule has 0 atom stereocenters. The van der Waals surface area contributed by atoms with Gasteiger partial charge in [0.25, 0.3) is 0 Å². The van der Waals surface area contributed by atoms with Crippen molar-refractivity contribution in [2.45, 2.75) is 115 Å². The summed E-state index contributed by atoms with van der Waals surface area (Å²) in [6.45, 7) is 5.41. The van der Waals surface area contributed by atoms with Crippen LogP contribution in [0.25, 0.3) is 10.2 Å². The summed E-state index contributed by atoms with van der Waals surface area (Å²) in [6.07, 6.45) is 17.6. The molecule has 0 radical (unpaired) electrons. The topological polar surface area (TPSA) is 95.8 Å². The van der Waals surface area contributed by atoms with Crippen molar-refractivity contribution >= 4 is 54.9 Å². The molecular formula is C33H50ClN5O3S2. The highest BCUT2D eigenvalue weighted by atomic mass is 35.5. The van der Waals surface area contributed by atoms with Gasteiger partial charge in [0.2, 0.25) is 14.8 Å². The molecule has 8 nitrogen and oxygen atoms in total. The number of aromatic nitrogens is 1. The number of carbonyl (C=O) groups is 1. The lowest BCUT2D eigenvalue weighted by Gasteiger charge is -2.18. The Kier molecular flexibility index (Phi) is 15.7. The van der Waals surface area contributed by atoms with E-state index in [2.05, 4.69) is 22.8 Å². The summed E-state index contributed by atoms with van der Waals surface area (Å²) in [4.78, 5) is 13.4. The van der Waals surface area contributed by atoms with Gasteiger partial charge in [-0.2, -0.15) is 0 Å². The minimum Gasteiger partial charge on any atom is -0.315 e.